The predicted octanol–water partition coefficient (Wildman–Crippen LogP) is 5.32. The number of aryl methyl sites for hydroxylation is 2. The number of rotatable bonds is 2. The molecule has 0 N–H and O–H groups in total. The SMILES string of the molecule is Cc1cc(C(=O)c2ccc(C(F)(F)F)cc2)c(C)cc1Br. The van der Waals surface area contributed by atoms with Gasteiger partial charge in [0.15, 0.2) is 5.78 Å². The number of halogens is 4. The molecule has 1 nitrogen and oxygen atoms in total. The second-order valence-electron chi connectivity index (χ2n) is 4.82. The van der Waals surface area contributed by atoms with Crippen molar-refractivity contribution in [3.63, 3.8) is 0 Å². The average Bonchev–Trinajstić information content (AvgIpc) is 2.41. The quantitative estimate of drug-likeness (QED) is 0.666. The maximum atomic E-state index is 12.5. The maximum absolute atomic E-state index is 12.5. The summed E-state index contributed by atoms with van der Waals surface area (Å²) in [6, 6.07) is 7.83. The minimum absolute atomic E-state index is 0.243. The first-order chi connectivity index (χ1) is 9.70. The lowest BCUT2D eigenvalue weighted by Gasteiger charge is -2.10. The first-order valence-corrected chi connectivity index (χ1v) is 6.98. The van der Waals surface area contributed by atoms with Crippen LogP contribution in [0.25, 0.3) is 0 Å². The van der Waals surface area contributed by atoms with Gasteiger partial charge >= 0.3 is 6.18 Å². The van der Waals surface area contributed by atoms with Crippen molar-refractivity contribution in [2.24, 2.45) is 0 Å². The fourth-order valence-electron chi connectivity index (χ4n) is 1.99. The molecule has 0 radical (unpaired) electrons. The molecule has 0 spiro atoms. The summed E-state index contributed by atoms with van der Waals surface area (Å²) in [5.41, 5.74) is 1.65. The molecule has 5 heteroatoms. The van der Waals surface area contributed by atoms with Gasteiger partial charge in [-0.05, 0) is 49.2 Å². The zero-order valence-corrected chi connectivity index (χ0v) is 13.0. The Morgan fingerprint density at radius 1 is 1.00 bits per heavy atom. The maximum Gasteiger partial charge on any atom is 0.416 e. The highest BCUT2D eigenvalue weighted by molar-refractivity contribution is 9.10. The van der Waals surface area contributed by atoms with Crippen molar-refractivity contribution in [3.8, 4) is 0 Å². The molecule has 2 aromatic rings. The van der Waals surface area contributed by atoms with E-state index >= 15 is 0 Å². The third-order valence-electron chi connectivity index (χ3n) is 3.22. The Balaban J connectivity index is 2.39. The Morgan fingerprint density at radius 2 is 1.57 bits per heavy atom. The van der Waals surface area contributed by atoms with Crippen LogP contribution in [0.3, 0.4) is 0 Å². The summed E-state index contributed by atoms with van der Waals surface area (Å²) in [4.78, 5) is 12.4. The monoisotopic (exact) mass is 356 g/mol. The number of carbonyl (C=O) groups excluding carboxylic acids is 1. The lowest BCUT2D eigenvalue weighted by molar-refractivity contribution is -0.137. The van der Waals surface area contributed by atoms with Crippen LogP contribution in [-0.2, 0) is 6.18 Å². The number of hydrogen-bond donors (Lipinski definition) is 0. The van der Waals surface area contributed by atoms with Gasteiger partial charge in [-0.3, -0.25) is 4.79 Å². The van der Waals surface area contributed by atoms with Crippen molar-refractivity contribution in [1.29, 1.82) is 0 Å². The highest BCUT2D eigenvalue weighted by atomic mass is 79.9. The van der Waals surface area contributed by atoms with Gasteiger partial charge in [-0.15, -0.1) is 0 Å². The van der Waals surface area contributed by atoms with Gasteiger partial charge in [0, 0.05) is 15.6 Å². The minimum Gasteiger partial charge on any atom is -0.289 e. The van der Waals surface area contributed by atoms with Crippen LogP contribution in [0, 0.1) is 13.8 Å². The predicted molar refractivity (Wildman–Crippen MR) is 78.5 cm³/mol. The first-order valence-electron chi connectivity index (χ1n) is 6.19. The Bertz CT molecular complexity index is 688. The fraction of sp³-hybridized carbons (Fsp3) is 0.188. The van der Waals surface area contributed by atoms with E-state index in [2.05, 4.69) is 15.9 Å². The Kier molecular flexibility index (Phi) is 4.23. The Labute approximate surface area is 128 Å². The molecule has 2 aromatic carbocycles. The second-order valence-corrected chi connectivity index (χ2v) is 5.67. The van der Waals surface area contributed by atoms with Crippen LogP contribution < -0.4 is 0 Å². The van der Waals surface area contributed by atoms with Crippen molar-refractivity contribution < 1.29 is 18.0 Å². The molecule has 2 rings (SSSR count). The number of hydrogen-bond acceptors (Lipinski definition) is 1. The molecule has 0 saturated carbocycles. The number of alkyl halides is 3. The van der Waals surface area contributed by atoms with Crippen LogP contribution in [0.1, 0.15) is 32.6 Å². The van der Waals surface area contributed by atoms with E-state index in [-0.39, 0.29) is 11.3 Å². The molecule has 0 amide bonds. The molecule has 0 fully saturated rings. The minimum atomic E-state index is -4.40. The molecule has 0 aliphatic heterocycles. The van der Waals surface area contributed by atoms with Crippen molar-refractivity contribution in [2.75, 3.05) is 0 Å². The van der Waals surface area contributed by atoms with Gasteiger partial charge < -0.3 is 0 Å². The normalized spacial score (nSPS) is 11.5. The first kappa shape index (κ1) is 15.8. The topological polar surface area (TPSA) is 17.1 Å². The van der Waals surface area contributed by atoms with E-state index in [1.54, 1.807) is 13.0 Å². The van der Waals surface area contributed by atoms with E-state index in [4.69, 9.17) is 0 Å². The second kappa shape index (κ2) is 5.64. The Hall–Kier alpha value is -1.62. The average molecular weight is 357 g/mol. The molecular formula is C16H12BrF3O. The third-order valence-corrected chi connectivity index (χ3v) is 4.08. The van der Waals surface area contributed by atoms with Crippen molar-refractivity contribution in [3.05, 3.63) is 68.7 Å². The summed E-state index contributed by atoms with van der Waals surface area (Å²) >= 11 is 3.38. The van der Waals surface area contributed by atoms with E-state index < -0.39 is 11.7 Å². The van der Waals surface area contributed by atoms with Crippen molar-refractivity contribution >= 4 is 21.7 Å². The highest BCUT2D eigenvalue weighted by Crippen LogP contribution is 2.30. The standard InChI is InChI=1S/C16H12BrF3O/c1-9-8-14(17)10(2)7-13(9)15(21)11-3-5-12(6-4-11)16(18,19)20/h3-8H,1-2H3. The summed E-state index contributed by atoms with van der Waals surface area (Å²) in [5.74, 6) is -0.281. The molecule has 21 heavy (non-hydrogen) atoms. The van der Waals surface area contributed by atoms with Gasteiger partial charge in [0.05, 0.1) is 5.56 Å². The Morgan fingerprint density at radius 3 is 2.10 bits per heavy atom. The molecule has 0 aromatic heterocycles. The molecule has 0 atom stereocenters. The number of benzene rings is 2. The lowest BCUT2D eigenvalue weighted by Crippen LogP contribution is -2.07. The summed E-state index contributed by atoms with van der Waals surface area (Å²) < 4.78 is 38.4. The van der Waals surface area contributed by atoms with Gasteiger partial charge in [-0.25, -0.2) is 0 Å². The van der Waals surface area contributed by atoms with E-state index in [0.29, 0.717) is 5.56 Å². The largest absolute Gasteiger partial charge is 0.416 e. The highest BCUT2D eigenvalue weighted by Gasteiger charge is 2.30. The smallest absolute Gasteiger partial charge is 0.289 e. The molecule has 0 heterocycles. The van der Waals surface area contributed by atoms with Crippen LogP contribution in [0.5, 0.6) is 0 Å². The van der Waals surface area contributed by atoms with Gasteiger partial charge in [0.2, 0.25) is 0 Å². The molecule has 0 unspecified atom stereocenters. The molecule has 0 saturated heterocycles. The van der Waals surface area contributed by atoms with Crippen LogP contribution in [0.4, 0.5) is 13.2 Å². The van der Waals surface area contributed by atoms with Gasteiger partial charge in [-0.2, -0.15) is 13.2 Å². The van der Waals surface area contributed by atoms with E-state index in [9.17, 15) is 18.0 Å². The third kappa shape index (κ3) is 3.35. The summed E-state index contributed by atoms with van der Waals surface area (Å²) in [6.45, 7) is 3.65. The molecule has 0 aliphatic carbocycles. The zero-order valence-electron chi connectivity index (χ0n) is 11.4. The van der Waals surface area contributed by atoms with E-state index in [0.717, 1.165) is 27.7 Å². The van der Waals surface area contributed by atoms with E-state index in [1.165, 1.54) is 12.1 Å². The van der Waals surface area contributed by atoms with Crippen LogP contribution in [-0.4, -0.2) is 5.78 Å². The molecule has 110 valence electrons. The molecular weight excluding hydrogens is 345 g/mol. The van der Waals surface area contributed by atoms with Crippen LogP contribution in [0.15, 0.2) is 40.9 Å². The lowest BCUT2D eigenvalue weighted by atomic mass is 9.96. The molecule has 0 bridgehead atoms. The number of ketones is 1. The zero-order chi connectivity index (χ0) is 15.8. The van der Waals surface area contributed by atoms with Crippen LogP contribution in [0.2, 0.25) is 0 Å². The van der Waals surface area contributed by atoms with Gasteiger partial charge in [0.25, 0.3) is 0 Å². The van der Waals surface area contributed by atoms with Crippen molar-refractivity contribution in [2.45, 2.75) is 20.0 Å². The summed E-state index contributed by atoms with van der Waals surface area (Å²) in [5, 5.41) is 0. The molecule has 0 aliphatic rings. The number of carbonyl (C=O) groups is 1. The van der Waals surface area contributed by atoms with Crippen molar-refractivity contribution in [1.82, 2.24) is 0 Å². The summed E-state index contributed by atoms with van der Waals surface area (Å²) in [7, 11) is 0. The fourth-order valence-corrected chi connectivity index (χ4v) is 2.45. The van der Waals surface area contributed by atoms with Gasteiger partial charge in [0.1, 0.15) is 0 Å². The van der Waals surface area contributed by atoms with Gasteiger partial charge in [-0.1, -0.05) is 28.1 Å². The van der Waals surface area contributed by atoms with Crippen LogP contribution >= 0.6 is 15.9 Å². The van der Waals surface area contributed by atoms with E-state index in [1.807, 2.05) is 13.0 Å². The summed E-state index contributed by atoms with van der Waals surface area (Å²) in [6.07, 6.45) is -4.40.